The molecule has 0 aliphatic heterocycles. The van der Waals surface area contributed by atoms with E-state index in [2.05, 4.69) is 22.3 Å². The van der Waals surface area contributed by atoms with Crippen LogP contribution in [0.3, 0.4) is 0 Å². The Morgan fingerprint density at radius 3 is 2.78 bits per heavy atom. The van der Waals surface area contributed by atoms with Crippen molar-refractivity contribution < 1.29 is 9.53 Å². The van der Waals surface area contributed by atoms with Crippen LogP contribution in [-0.4, -0.2) is 27.8 Å². The number of ether oxygens (including phenoxy) is 1. The highest BCUT2D eigenvalue weighted by molar-refractivity contribution is 8.00. The normalized spacial score (nSPS) is 12.3. The van der Waals surface area contributed by atoms with Crippen molar-refractivity contribution in [2.45, 2.75) is 43.4 Å². The van der Waals surface area contributed by atoms with Crippen molar-refractivity contribution in [2.75, 3.05) is 6.61 Å². The summed E-state index contributed by atoms with van der Waals surface area (Å²) in [5.74, 6) is -0.203. The molecule has 0 aliphatic rings. The van der Waals surface area contributed by atoms with E-state index in [-0.39, 0.29) is 11.2 Å². The van der Waals surface area contributed by atoms with Crippen molar-refractivity contribution in [1.82, 2.24) is 9.97 Å². The number of hydrogen-bond acceptors (Lipinski definition) is 6. The van der Waals surface area contributed by atoms with Crippen molar-refractivity contribution in [3.63, 3.8) is 0 Å². The van der Waals surface area contributed by atoms with Gasteiger partial charge in [0.25, 0.3) is 0 Å². The van der Waals surface area contributed by atoms with E-state index < -0.39 is 0 Å². The van der Waals surface area contributed by atoms with Crippen molar-refractivity contribution >= 4 is 50.9 Å². The van der Waals surface area contributed by atoms with Crippen LogP contribution in [-0.2, 0) is 9.53 Å². The third-order valence-corrected chi connectivity index (χ3v) is 6.32. The van der Waals surface area contributed by atoms with Gasteiger partial charge in [0.1, 0.15) is 21.4 Å². The number of rotatable bonds is 8. The molecule has 4 nitrogen and oxygen atoms in total. The predicted molar refractivity (Wildman–Crippen MR) is 114 cm³/mol. The molecule has 1 atom stereocenters. The molecule has 0 fully saturated rings. The SMILES string of the molecule is CCCCCOC(=O)C(C)Sc1ncnc2scc(-c3ccc(Cl)cc3)c12. The molecule has 27 heavy (non-hydrogen) atoms. The zero-order chi connectivity index (χ0) is 19.2. The molecule has 0 radical (unpaired) electrons. The quantitative estimate of drug-likeness (QED) is 0.187. The molecule has 0 saturated carbocycles. The van der Waals surface area contributed by atoms with Crippen LogP contribution in [0.2, 0.25) is 5.02 Å². The van der Waals surface area contributed by atoms with Gasteiger partial charge >= 0.3 is 5.97 Å². The minimum atomic E-state index is -0.331. The minimum Gasteiger partial charge on any atom is -0.465 e. The summed E-state index contributed by atoms with van der Waals surface area (Å²) >= 11 is 8.99. The molecule has 7 heteroatoms. The van der Waals surface area contributed by atoms with Crippen LogP contribution >= 0.6 is 34.7 Å². The lowest BCUT2D eigenvalue weighted by Gasteiger charge is -2.12. The number of unbranched alkanes of at least 4 members (excludes halogenated alkanes) is 2. The second-order valence-corrected chi connectivity index (χ2v) is 8.77. The van der Waals surface area contributed by atoms with Crippen molar-refractivity contribution in [3.8, 4) is 11.1 Å². The number of carbonyl (C=O) groups is 1. The van der Waals surface area contributed by atoms with Gasteiger partial charge in [-0.2, -0.15) is 0 Å². The number of thioether (sulfide) groups is 1. The first-order chi connectivity index (χ1) is 13.1. The maximum atomic E-state index is 12.3. The van der Waals surface area contributed by atoms with Gasteiger partial charge in [-0.25, -0.2) is 9.97 Å². The number of carbonyl (C=O) groups excluding carboxylic acids is 1. The van der Waals surface area contributed by atoms with Crippen molar-refractivity contribution in [1.29, 1.82) is 0 Å². The largest absolute Gasteiger partial charge is 0.465 e. The van der Waals surface area contributed by atoms with E-state index in [0.29, 0.717) is 11.6 Å². The fraction of sp³-hybridized carbons (Fsp3) is 0.350. The van der Waals surface area contributed by atoms with Crippen LogP contribution in [0, 0.1) is 0 Å². The first kappa shape index (κ1) is 20.1. The van der Waals surface area contributed by atoms with Gasteiger partial charge in [-0.15, -0.1) is 11.3 Å². The first-order valence-electron chi connectivity index (χ1n) is 8.91. The van der Waals surface area contributed by atoms with Gasteiger partial charge in [0, 0.05) is 16.0 Å². The molecule has 1 aromatic carbocycles. The zero-order valence-corrected chi connectivity index (χ0v) is 17.7. The Labute approximate surface area is 172 Å². The molecule has 3 rings (SSSR count). The van der Waals surface area contributed by atoms with E-state index >= 15 is 0 Å². The molecule has 0 amide bonds. The number of nitrogens with zero attached hydrogens (tertiary/aromatic N) is 2. The number of benzene rings is 1. The summed E-state index contributed by atoms with van der Waals surface area (Å²) in [6, 6.07) is 7.70. The van der Waals surface area contributed by atoms with Crippen LogP contribution < -0.4 is 0 Å². The van der Waals surface area contributed by atoms with Gasteiger partial charge in [-0.3, -0.25) is 4.79 Å². The fourth-order valence-electron chi connectivity index (χ4n) is 2.64. The summed E-state index contributed by atoms with van der Waals surface area (Å²) in [4.78, 5) is 22.0. The van der Waals surface area contributed by atoms with Crippen LogP contribution in [0.4, 0.5) is 0 Å². The molecule has 0 saturated heterocycles. The summed E-state index contributed by atoms with van der Waals surface area (Å²) in [5.41, 5.74) is 2.11. The number of fused-ring (bicyclic) bond motifs is 1. The number of esters is 1. The second-order valence-electron chi connectivity index (χ2n) is 6.15. The van der Waals surface area contributed by atoms with E-state index in [1.54, 1.807) is 17.7 Å². The first-order valence-corrected chi connectivity index (χ1v) is 11.0. The fourth-order valence-corrected chi connectivity index (χ4v) is 4.67. The van der Waals surface area contributed by atoms with Gasteiger partial charge in [-0.1, -0.05) is 55.3 Å². The molecule has 2 aromatic heterocycles. The Balaban J connectivity index is 1.81. The summed E-state index contributed by atoms with van der Waals surface area (Å²) in [6.07, 6.45) is 4.63. The van der Waals surface area contributed by atoms with Crippen LogP contribution in [0.15, 0.2) is 41.0 Å². The molecular weight excluding hydrogens is 400 g/mol. The summed E-state index contributed by atoms with van der Waals surface area (Å²) in [7, 11) is 0. The smallest absolute Gasteiger partial charge is 0.319 e. The number of hydrogen-bond donors (Lipinski definition) is 0. The summed E-state index contributed by atoms with van der Waals surface area (Å²) in [6.45, 7) is 4.46. The average molecular weight is 421 g/mol. The molecule has 142 valence electrons. The molecule has 0 aliphatic carbocycles. The van der Waals surface area contributed by atoms with E-state index in [4.69, 9.17) is 16.3 Å². The number of thiophene rings is 1. The van der Waals surface area contributed by atoms with Gasteiger partial charge in [-0.05, 0) is 31.0 Å². The minimum absolute atomic E-state index is 0.203. The van der Waals surface area contributed by atoms with Gasteiger partial charge < -0.3 is 4.74 Å². The highest BCUT2D eigenvalue weighted by atomic mass is 35.5. The standard InChI is InChI=1S/C20H21ClN2O2S2/c1-3-4-5-10-25-20(24)13(2)27-19-17-16(11-26-18(17)22-12-23-19)14-6-8-15(21)9-7-14/h6-9,11-13H,3-5,10H2,1-2H3. The van der Waals surface area contributed by atoms with E-state index in [1.165, 1.54) is 11.8 Å². The van der Waals surface area contributed by atoms with E-state index in [9.17, 15) is 4.79 Å². The Hall–Kier alpha value is -1.63. The third-order valence-electron chi connectivity index (χ3n) is 4.10. The molecule has 0 bridgehead atoms. The summed E-state index contributed by atoms with van der Waals surface area (Å²) < 4.78 is 5.38. The lowest BCUT2D eigenvalue weighted by atomic mass is 10.1. The zero-order valence-electron chi connectivity index (χ0n) is 15.3. The van der Waals surface area contributed by atoms with Gasteiger partial charge in [0.05, 0.1) is 12.0 Å². The summed E-state index contributed by atoms with van der Waals surface area (Å²) in [5, 5.41) is 4.20. The topological polar surface area (TPSA) is 52.1 Å². The lowest BCUT2D eigenvalue weighted by Crippen LogP contribution is -2.17. The monoisotopic (exact) mass is 420 g/mol. The molecule has 1 unspecified atom stereocenters. The third kappa shape index (κ3) is 5.00. The maximum absolute atomic E-state index is 12.3. The maximum Gasteiger partial charge on any atom is 0.319 e. The van der Waals surface area contributed by atoms with Gasteiger partial charge in [0.15, 0.2) is 0 Å². The predicted octanol–water partition coefficient (Wildman–Crippen LogP) is 6.23. The molecule has 3 aromatic rings. The molecule has 0 spiro atoms. The number of aromatic nitrogens is 2. The Morgan fingerprint density at radius 2 is 2.04 bits per heavy atom. The molecular formula is C20H21ClN2O2S2. The van der Waals surface area contributed by atoms with Crippen molar-refractivity contribution in [3.05, 3.63) is 41.0 Å². The Kier molecular flexibility index (Phi) is 7.10. The lowest BCUT2D eigenvalue weighted by molar-refractivity contribution is -0.142. The van der Waals surface area contributed by atoms with Crippen LogP contribution in [0.25, 0.3) is 21.3 Å². The highest BCUT2D eigenvalue weighted by Crippen LogP contribution is 2.39. The average Bonchev–Trinajstić information content (AvgIpc) is 3.11. The Bertz CT molecular complexity index is 912. The molecule has 2 heterocycles. The van der Waals surface area contributed by atoms with Crippen LogP contribution in [0.1, 0.15) is 33.1 Å². The second kappa shape index (κ2) is 9.53. The number of halogens is 1. The van der Waals surface area contributed by atoms with Gasteiger partial charge in [0.2, 0.25) is 0 Å². The van der Waals surface area contributed by atoms with E-state index in [1.807, 2.05) is 31.2 Å². The Morgan fingerprint density at radius 1 is 1.26 bits per heavy atom. The van der Waals surface area contributed by atoms with Crippen molar-refractivity contribution in [2.24, 2.45) is 0 Å². The van der Waals surface area contributed by atoms with Crippen LogP contribution in [0.5, 0.6) is 0 Å². The highest BCUT2D eigenvalue weighted by Gasteiger charge is 2.20. The molecule has 0 N–H and O–H groups in total. The van der Waals surface area contributed by atoms with E-state index in [0.717, 1.165) is 45.6 Å².